The van der Waals surface area contributed by atoms with Crippen molar-refractivity contribution < 1.29 is 9.59 Å². The Kier molecular flexibility index (Phi) is 2.85. The molecular formula is C19H18N2O2. The minimum Gasteiger partial charge on any atom is -0.307 e. The quantitative estimate of drug-likeness (QED) is 0.806. The number of rotatable bonds is 1. The topological polar surface area (TPSA) is 49.4 Å². The van der Waals surface area contributed by atoms with Crippen LogP contribution in [0.3, 0.4) is 0 Å². The molecule has 1 aromatic carbocycles. The van der Waals surface area contributed by atoms with E-state index in [9.17, 15) is 9.59 Å². The Hall–Kier alpha value is -2.62. The maximum atomic E-state index is 12.8. The molecule has 23 heavy (non-hydrogen) atoms. The summed E-state index contributed by atoms with van der Waals surface area (Å²) >= 11 is 0. The van der Waals surface area contributed by atoms with Gasteiger partial charge in [0.1, 0.15) is 5.54 Å². The number of nitrogens with zero attached hydrogens (tertiary/aromatic N) is 1. The lowest BCUT2D eigenvalue weighted by molar-refractivity contribution is -0.124. The van der Waals surface area contributed by atoms with Crippen molar-refractivity contribution in [1.29, 1.82) is 0 Å². The zero-order valence-electron chi connectivity index (χ0n) is 13.2. The van der Waals surface area contributed by atoms with Crippen LogP contribution in [-0.2, 0) is 4.79 Å². The summed E-state index contributed by atoms with van der Waals surface area (Å²) in [6.45, 7) is 3.81. The summed E-state index contributed by atoms with van der Waals surface area (Å²) in [5.74, 6) is 0.135. The second-order valence-electron chi connectivity index (χ2n) is 6.45. The van der Waals surface area contributed by atoms with Gasteiger partial charge in [-0.1, -0.05) is 42.0 Å². The van der Waals surface area contributed by atoms with Crippen molar-refractivity contribution in [2.45, 2.75) is 25.8 Å². The highest BCUT2D eigenvalue weighted by Gasteiger charge is 2.53. The predicted molar refractivity (Wildman–Crippen MR) is 88.9 cm³/mol. The first kappa shape index (κ1) is 14.0. The number of anilines is 1. The van der Waals surface area contributed by atoms with Crippen LogP contribution in [0.1, 0.15) is 18.9 Å². The van der Waals surface area contributed by atoms with Gasteiger partial charge < -0.3 is 5.32 Å². The lowest BCUT2D eigenvalue weighted by Gasteiger charge is -2.41. The van der Waals surface area contributed by atoms with Gasteiger partial charge in [0.25, 0.3) is 5.91 Å². The highest BCUT2D eigenvalue weighted by Crippen LogP contribution is 2.48. The Balaban J connectivity index is 1.68. The van der Waals surface area contributed by atoms with Crippen LogP contribution < -0.4 is 5.32 Å². The van der Waals surface area contributed by atoms with Gasteiger partial charge in [0.05, 0.1) is 0 Å². The Morgan fingerprint density at radius 3 is 2.48 bits per heavy atom. The SMILES string of the molecule is CC1=C2CC3C=CC2(C=C3)N(C(=O)Nc2ccc(C)cc2)C1=O. The molecule has 2 bridgehead atoms. The van der Waals surface area contributed by atoms with E-state index in [-0.39, 0.29) is 11.9 Å². The number of amides is 3. The van der Waals surface area contributed by atoms with Crippen molar-refractivity contribution in [3.8, 4) is 0 Å². The van der Waals surface area contributed by atoms with Crippen molar-refractivity contribution in [1.82, 2.24) is 4.90 Å². The average Bonchev–Trinajstić information content (AvgIpc) is 2.78. The molecule has 0 unspecified atom stereocenters. The van der Waals surface area contributed by atoms with E-state index >= 15 is 0 Å². The minimum absolute atomic E-state index is 0.207. The maximum absolute atomic E-state index is 12.8. The van der Waals surface area contributed by atoms with Gasteiger partial charge >= 0.3 is 6.03 Å². The minimum atomic E-state index is -0.704. The first-order valence-electron chi connectivity index (χ1n) is 7.82. The van der Waals surface area contributed by atoms with Gasteiger partial charge in [-0.3, -0.25) is 4.79 Å². The Labute approximate surface area is 135 Å². The van der Waals surface area contributed by atoms with Gasteiger partial charge in [-0.05, 0) is 43.9 Å². The first-order chi connectivity index (χ1) is 11.0. The standard InChI is InChI=1S/C19H18N2O2/c1-12-3-5-15(6-4-12)20-18(23)21-17(22)13(2)16-11-14-7-9-19(16,21)10-8-14/h3-10,14H,11H2,1-2H3,(H,20,23). The van der Waals surface area contributed by atoms with Gasteiger partial charge in [-0.2, -0.15) is 0 Å². The molecule has 0 aromatic heterocycles. The predicted octanol–water partition coefficient (Wildman–Crippen LogP) is 3.57. The van der Waals surface area contributed by atoms with Crippen LogP contribution in [0.2, 0.25) is 0 Å². The number of carbonyl (C=O) groups is 2. The van der Waals surface area contributed by atoms with Gasteiger partial charge in [0.15, 0.2) is 0 Å². The largest absolute Gasteiger partial charge is 0.330 e. The molecule has 4 heteroatoms. The highest BCUT2D eigenvalue weighted by atomic mass is 16.2. The molecule has 5 rings (SSSR count). The molecule has 0 radical (unpaired) electrons. The molecule has 1 aromatic rings. The fraction of sp³-hybridized carbons (Fsp3) is 0.263. The number of nitrogens with one attached hydrogen (secondary N) is 1. The van der Waals surface area contributed by atoms with Crippen LogP contribution in [0.5, 0.6) is 0 Å². The monoisotopic (exact) mass is 306 g/mol. The smallest absolute Gasteiger partial charge is 0.307 e. The Bertz CT molecular complexity index is 785. The van der Waals surface area contributed by atoms with E-state index < -0.39 is 5.54 Å². The van der Waals surface area contributed by atoms with E-state index in [2.05, 4.69) is 17.5 Å². The number of urea groups is 1. The van der Waals surface area contributed by atoms with Crippen LogP contribution in [0.25, 0.3) is 0 Å². The second-order valence-corrected chi connectivity index (χ2v) is 6.45. The van der Waals surface area contributed by atoms with Crippen molar-refractivity contribution in [2.75, 3.05) is 5.32 Å². The van der Waals surface area contributed by atoms with Crippen molar-refractivity contribution in [2.24, 2.45) is 5.92 Å². The summed E-state index contributed by atoms with van der Waals surface area (Å²) in [4.78, 5) is 26.8. The fourth-order valence-electron chi connectivity index (χ4n) is 3.68. The summed E-state index contributed by atoms with van der Waals surface area (Å²) in [6.07, 6.45) is 8.96. The van der Waals surface area contributed by atoms with Crippen LogP contribution in [-0.4, -0.2) is 22.4 Å². The van der Waals surface area contributed by atoms with E-state index in [0.29, 0.717) is 17.2 Å². The normalized spacial score (nSPS) is 27.7. The van der Waals surface area contributed by atoms with Gasteiger partial charge in [0, 0.05) is 11.3 Å². The number of hydrogen-bond acceptors (Lipinski definition) is 2. The third-order valence-corrected chi connectivity index (χ3v) is 4.97. The Morgan fingerprint density at radius 1 is 1.17 bits per heavy atom. The van der Waals surface area contributed by atoms with E-state index in [0.717, 1.165) is 17.6 Å². The number of imide groups is 1. The lowest BCUT2D eigenvalue weighted by atomic mass is 9.72. The number of benzene rings is 1. The van der Waals surface area contributed by atoms with Crippen molar-refractivity contribution >= 4 is 17.6 Å². The first-order valence-corrected chi connectivity index (χ1v) is 7.82. The highest BCUT2D eigenvalue weighted by molar-refractivity contribution is 6.12. The zero-order chi connectivity index (χ0) is 16.2. The molecule has 0 saturated heterocycles. The molecule has 3 aliphatic carbocycles. The van der Waals surface area contributed by atoms with Gasteiger partial charge in [0.2, 0.25) is 0 Å². The van der Waals surface area contributed by atoms with E-state index in [1.54, 1.807) is 0 Å². The third kappa shape index (κ3) is 1.91. The lowest BCUT2D eigenvalue weighted by Crippen LogP contribution is -2.53. The average molecular weight is 306 g/mol. The molecule has 1 aliphatic heterocycles. The number of hydrogen-bond donors (Lipinski definition) is 1. The van der Waals surface area contributed by atoms with Gasteiger partial charge in [-0.25, -0.2) is 9.69 Å². The number of aryl methyl sites for hydroxylation is 1. The molecule has 0 atom stereocenters. The van der Waals surface area contributed by atoms with E-state index in [4.69, 9.17) is 0 Å². The molecule has 0 fully saturated rings. The van der Waals surface area contributed by atoms with Crippen molar-refractivity contribution in [3.05, 3.63) is 65.3 Å². The molecule has 0 saturated carbocycles. The van der Waals surface area contributed by atoms with E-state index in [1.807, 2.05) is 50.3 Å². The summed E-state index contributed by atoms with van der Waals surface area (Å²) in [5, 5.41) is 2.84. The molecule has 1 N–H and O–H groups in total. The summed E-state index contributed by atoms with van der Waals surface area (Å²) < 4.78 is 0. The third-order valence-electron chi connectivity index (χ3n) is 4.97. The summed E-state index contributed by atoms with van der Waals surface area (Å²) in [7, 11) is 0. The zero-order valence-corrected chi connectivity index (χ0v) is 13.2. The summed E-state index contributed by atoms with van der Waals surface area (Å²) in [6, 6.07) is 7.16. The van der Waals surface area contributed by atoms with Crippen LogP contribution >= 0.6 is 0 Å². The van der Waals surface area contributed by atoms with E-state index in [1.165, 1.54) is 4.90 Å². The molecule has 4 nitrogen and oxygen atoms in total. The fourth-order valence-corrected chi connectivity index (χ4v) is 3.68. The summed E-state index contributed by atoms with van der Waals surface area (Å²) in [5.41, 5.74) is 2.85. The molecule has 1 heterocycles. The van der Waals surface area contributed by atoms with Crippen molar-refractivity contribution in [3.63, 3.8) is 0 Å². The van der Waals surface area contributed by atoms with Crippen LogP contribution in [0, 0.1) is 12.8 Å². The second kappa shape index (κ2) is 4.69. The molecule has 1 spiro atoms. The Morgan fingerprint density at radius 2 is 1.83 bits per heavy atom. The van der Waals surface area contributed by atoms with Gasteiger partial charge in [-0.15, -0.1) is 0 Å². The maximum Gasteiger partial charge on any atom is 0.330 e. The van der Waals surface area contributed by atoms with Crippen LogP contribution in [0.4, 0.5) is 10.5 Å². The molecule has 4 aliphatic rings. The number of carbonyl (C=O) groups excluding carboxylic acids is 2. The van der Waals surface area contributed by atoms with Crippen LogP contribution in [0.15, 0.2) is 59.7 Å². The number of allylic oxidation sites excluding steroid dienone is 2. The molecule has 3 amide bonds. The molecule has 116 valence electrons. The molecular weight excluding hydrogens is 288 g/mol.